The Hall–Kier alpha value is -2.48. The second-order valence-corrected chi connectivity index (χ2v) is 6.40. The molecule has 0 radical (unpaired) electrons. The van der Waals surface area contributed by atoms with E-state index in [2.05, 4.69) is 16.0 Å². The molecule has 0 fully saturated rings. The molecule has 5 heteroatoms. The van der Waals surface area contributed by atoms with Crippen molar-refractivity contribution in [3.8, 4) is 6.07 Å². The van der Waals surface area contributed by atoms with Gasteiger partial charge in [-0.1, -0.05) is 0 Å². The number of fused-ring (bicyclic) bond motifs is 1. The number of hydrogen-bond donors (Lipinski definition) is 1. The predicted octanol–water partition coefficient (Wildman–Crippen LogP) is 3.43. The van der Waals surface area contributed by atoms with Crippen LogP contribution < -0.4 is 5.32 Å². The number of carbonyl (C=O) groups is 1. The van der Waals surface area contributed by atoms with Gasteiger partial charge in [0.15, 0.2) is 0 Å². The minimum atomic E-state index is -0.502. The van der Waals surface area contributed by atoms with Gasteiger partial charge >= 0.3 is 6.09 Å². The maximum absolute atomic E-state index is 11.8. The van der Waals surface area contributed by atoms with Crippen molar-refractivity contribution in [2.45, 2.75) is 45.9 Å². The smallest absolute Gasteiger partial charge is 0.407 e. The van der Waals surface area contributed by atoms with Gasteiger partial charge in [-0.15, -0.1) is 0 Å². The number of amides is 1. The lowest BCUT2D eigenvalue weighted by molar-refractivity contribution is 0.0504. The molecule has 22 heavy (non-hydrogen) atoms. The van der Waals surface area contributed by atoms with Gasteiger partial charge in [-0.05, 0) is 52.0 Å². The number of rotatable bonds is 3. The summed E-state index contributed by atoms with van der Waals surface area (Å²) in [6.07, 6.45) is 1.54. The molecule has 1 heterocycles. The fourth-order valence-electron chi connectivity index (χ4n) is 2.28. The third-order valence-electron chi connectivity index (χ3n) is 3.13. The summed E-state index contributed by atoms with van der Waals surface area (Å²) in [5, 5.41) is 12.8. The number of ether oxygens (including phenoxy) is 1. The van der Waals surface area contributed by atoms with E-state index in [1.54, 1.807) is 6.07 Å². The topological polar surface area (TPSA) is 67.0 Å². The van der Waals surface area contributed by atoms with E-state index in [4.69, 9.17) is 10.00 Å². The van der Waals surface area contributed by atoms with E-state index >= 15 is 0 Å². The molecule has 1 N–H and O–H groups in total. The van der Waals surface area contributed by atoms with Crippen LogP contribution in [-0.4, -0.2) is 22.3 Å². The quantitative estimate of drug-likeness (QED) is 0.944. The number of nitrogens with zero attached hydrogens (tertiary/aromatic N) is 2. The first-order valence-corrected chi connectivity index (χ1v) is 7.27. The molecule has 2 aromatic rings. The van der Waals surface area contributed by atoms with Gasteiger partial charge in [-0.25, -0.2) is 4.79 Å². The summed E-state index contributed by atoms with van der Waals surface area (Å²) in [5.41, 5.74) is 1.18. The summed E-state index contributed by atoms with van der Waals surface area (Å²) in [6, 6.07) is 9.61. The highest BCUT2D eigenvalue weighted by atomic mass is 16.6. The zero-order chi connectivity index (χ0) is 16.3. The van der Waals surface area contributed by atoms with E-state index in [9.17, 15) is 4.79 Å². The maximum atomic E-state index is 11.8. The highest BCUT2D eigenvalue weighted by Gasteiger charge is 2.18. The van der Waals surface area contributed by atoms with Gasteiger partial charge < -0.3 is 14.6 Å². The van der Waals surface area contributed by atoms with E-state index in [1.165, 1.54) is 0 Å². The Morgan fingerprint density at radius 3 is 2.77 bits per heavy atom. The Bertz CT molecular complexity index is 720. The molecule has 1 atom stereocenters. The largest absolute Gasteiger partial charge is 0.444 e. The number of benzene rings is 1. The molecule has 1 aromatic heterocycles. The lowest BCUT2D eigenvalue weighted by atomic mass is 10.2. The van der Waals surface area contributed by atoms with Crippen LogP contribution in [0.1, 0.15) is 33.3 Å². The average molecular weight is 299 g/mol. The van der Waals surface area contributed by atoms with Crippen molar-refractivity contribution in [3.05, 3.63) is 36.0 Å². The van der Waals surface area contributed by atoms with Crippen LogP contribution in [0, 0.1) is 11.3 Å². The Morgan fingerprint density at radius 1 is 1.41 bits per heavy atom. The van der Waals surface area contributed by atoms with Crippen LogP contribution in [0.3, 0.4) is 0 Å². The zero-order valence-corrected chi connectivity index (χ0v) is 13.4. The van der Waals surface area contributed by atoms with Crippen molar-refractivity contribution in [2.24, 2.45) is 0 Å². The van der Waals surface area contributed by atoms with Crippen LogP contribution >= 0.6 is 0 Å². The van der Waals surface area contributed by atoms with Crippen molar-refractivity contribution in [1.82, 2.24) is 9.88 Å². The van der Waals surface area contributed by atoms with Crippen LogP contribution in [0.5, 0.6) is 0 Å². The summed E-state index contributed by atoms with van der Waals surface area (Å²) in [7, 11) is 0. The lowest BCUT2D eigenvalue weighted by Crippen LogP contribution is -2.39. The van der Waals surface area contributed by atoms with E-state index in [0.29, 0.717) is 12.1 Å². The predicted molar refractivity (Wildman–Crippen MR) is 85.5 cm³/mol. The third kappa shape index (κ3) is 4.01. The molecule has 2 rings (SSSR count). The number of aromatic nitrogens is 1. The number of hydrogen-bond acceptors (Lipinski definition) is 3. The summed E-state index contributed by atoms with van der Waals surface area (Å²) >= 11 is 0. The molecule has 0 aliphatic carbocycles. The first-order chi connectivity index (χ1) is 10.3. The molecule has 0 bridgehead atoms. The van der Waals surface area contributed by atoms with Crippen molar-refractivity contribution < 1.29 is 9.53 Å². The second-order valence-electron chi connectivity index (χ2n) is 6.40. The lowest BCUT2D eigenvalue weighted by Gasteiger charge is -2.22. The van der Waals surface area contributed by atoms with Crippen LogP contribution in [0.4, 0.5) is 4.79 Å². The van der Waals surface area contributed by atoms with Gasteiger partial charge in [0, 0.05) is 29.7 Å². The first kappa shape index (κ1) is 15.9. The fraction of sp³-hybridized carbons (Fsp3) is 0.412. The van der Waals surface area contributed by atoms with Gasteiger partial charge in [0.05, 0.1) is 11.6 Å². The average Bonchev–Trinajstić information content (AvgIpc) is 2.78. The summed E-state index contributed by atoms with van der Waals surface area (Å²) in [4.78, 5) is 11.8. The van der Waals surface area contributed by atoms with Gasteiger partial charge in [0.25, 0.3) is 0 Å². The van der Waals surface area contributed by atoms with Crippen LogP contribution in [0.15, 0.2) is 30.5 Å². The van der Waals surface area contributed by atoms with E-state index < -0.39 is 11.7 Å². The molecule has 0 aliphatic rings. The molecule has 116 valence electrons. The maximum Gasteiger partial charge on any atom is 0.407 e. The van der Waals surface area contributed by atoms with Crippen LogP contribution in [-0.2, 0) is 11.3 Å². The van der Waals surface area contributed by atoms with Crippen LogP contribution in [0.25, 0.3) is 10.9 Å². The van der Waals surface area contributed by atoms with Crippen molar-refractivity contribution in [3.63, 3.8) is 0 Å². The van der Waals surface area contributed by atoms with E-state index in [0.717, 1.165) is 10.9 Å². The van der Waals surface area contributed by atoms with Gasteiger partial charge in [-0.2, -0.15) is 5.26 Å². The minimum Gasteiger partial charge on any atom is -0.444 e. The standard InChI is InChI=1S/C17H21N3O2/c1-12(19-16(21)22-17(2,3)4)11-20-8-7-14-9-13(10-18)5-6-15(14)20/h5-9,12H,11H2,1-4H3,(H,19,21). The number of nitriles is 1. The molecule has 0 saturated heterocycles. The van der Waals surface area contributed by atoms with Gasteiger partial charge in [0.2, 0.25) is 0 Å². The molecule has 0 saturated carbocycles. The van der Waals surface area contributed by atoms with Crippen molar-refractivity contribution in [2.75, 3.05) is 0 Å². The highest BCUT2D eigenvalue weighted by Crippen LogP contribution is 2.18. The summed E-state index contributed by atoms with van der Waals surface area (Å²) in [6.45, 7) is 8.07. The molecule has 0 spiro atoms. The Labute approximate surface area is 130 Å². The van der Waals surface area contributed by atoms with Crippen molar-refractivity contribution >= 4 is 17.0 Å². The number of nitrogens with one attached hydrogen (secondary N) is 1. The molecule has 0 aliphatic heterocycles. The number of carbonyl (C=O) groups excluding carboxylic acids is 1. The molecule has 1 unspecified atom stereocenters. The monoisotopic (exact) mass is 299 g/mol. The zero-order valence-electron chi connectivity index (χ0n) is 13.4. The molecule has 1 aromatic carbocycles. The van der Waals surface area contributed by atoms with Gasteiger partial charge in [0.1, 0.15) is 5.60 Å². The SMILES string of the molecule is CC(Cn1ccc2cc(C#N)ccc21)NC(=O)OC(C)(C)C. The Balaban J connectivity index is 2.05. The molecular formula is C17H21N3O2. The van der Waals surface area contributed by atoms with E-state index in [1.807, 2.05) is 52.1 Å². The van der Waals surface area contributed by atoms with Crippen molar-refractivity contribution in [1.29, 1.82) is 5.26 Å². The number of alkyl carbamates (subject to hydrolysis) is 1. The first-order valence-electron chi connectivity index (χ1n) is 7.27. The Morgan fingerprint density at radius 2 is 2.14 bits per heavy atom. The molecular weight excluding hydrogens is 278 g/mol. The minimum absolute atomic E-state index is 0.0684. The fourth-order valence-corrected chi connectivity index (χ4v) is 2.28. The molecule has 5 nitrogen and oxygen atoms in total. The highest BCUT2D eigenvalue weighted by molar-refractivity contribution is 5.81. The summed E-state index contributed by atoms with van der Waals surface area (Å²) < 4.78 is 7.30. The van der Waals surface area contributed by atoms with E-state index in [-0.39, 0.29) is 6.04 Å². The summed E-state index contributed by atoms with van der Waals surface area (Å²) in [5.74, 6) is 0. The van der Waals surface area contributed by atoms with Crippen LogP contribution in [0.2, 0.25) is 0 Å². The second kappa shape index (κ2) is 6.10. The normalized spacial score (nSPS) is 12.7. The molecule has 1 amide bonds. The third-order valence-corrected chi connectivity index (χ3v) is 3.13. The Kier molecular flexibility index (Phi) is 4.41. The van der Waals surface area contributed by atoms with Gasteiger partial charge in [-0.3, -0.25) is 0 Å².